The Kier molecular flexibility index (Phi) is 5.56. The number of nitrogens with zero attached hydrogens (tertiary/aromatic N) is 2. The highest BCUT2D eigenvalue weighted by Crippen LogP contribution is 2.40. The molecule has 1 N–H and O–H groups in total. The Balaban J connectivity index is 1.54. The highest BCUT2D eigenvalue weighted by Gasteiger charge is 2.28. The lowest BCUT2D eigenvalue weighted by molar-refractivity contribution is -0.116. The summed E-state index contributed by atoms with van der Waals surface area (Å²) in [4.78, 5) is 32.6. The number of fused-ring (bicyclic) bond motifs is 2. The molecule has 0 aliphatic carbocycles. The van der Waals surface area contributed by atoms with Gasteiger partial charge in [0, 0.05) is 34.8 Å². The van der Waals surface area contributed by atoms with Crippen LogP contribution in [-0.2, 0) is 4.79 Å². The highest BCUT2D eigenvalue weighted by atomic mass is 35.5. The minimum absolute atomic E-state index is 0.156. The smallest absolute Gasteiger partial charge is 0.261 e. The number of rotatable bonds is 4. The van der Waals surface area contributed by atoms with Crippen LogP contribution in [0, 0.1) is 6.92 Å². The third-order valence-electron chi connectivity index (χ3n) is 4.63. The van der Waals surface area contributed by atoms with Crippen LogP contribution in [0.5, 0.6) is 0 Å². The van der Waals surface area contributed by atoms with Gasteiger partial charge in [-0.25, -0.2) is 4.98 Å². The fourth-order valence-corrected chi connectivity index (χ4v) is 4.29. The molecule has 0 saturated carbocycles. The number of hydrogen-bond acceptors (Lipinski definition) is 4. The summed E-state index contributed by atoms with van der Waals surface area (Å²) in [6, 6.07) is 16.6. The van der Waals surface area contributed by atoms with Gasteiger partial charge >= 0.3 is 0 Å². The average molecular weight is 424 g/mol. The molecule has 2 amide bonds. The molecular weight excluding hydrogens is 406 g/mol. The molecule has 0 radical (unpaired) electrons. The van der Waals surface area contributed by atoms with E-state index in [1.165, 1.54) is 11.8 Å². The van der Waals surface area contributed by atoms with Crippen molar-refractivity contribution in [2.75, 3.05) is 16.8 Å². The van der Waals surface area contributed by atoms with Gasteiger partial charge in [0.05, 0.1) is 11.3 Å². The van der Waals surface area contributed by atoms with Gasteiger partial charge in [0.25, 0.3) is 5.91 Å². The van der Waals surface area contributed by atoms with Crippen LogP contribution >= 0.6 is 23.4 Å². The number of pyridine rings is 1. The van der Waals surface area contributed by atoms with E-state index in [1.807, 2.05) is 43.3 Å². The number of nitrogens with one attached hydrogen (secondary N) is 1. The maximum atomic E-state index is 13.2. The first-order chi connectivity index (χ1) is 14.0. The van der Waals surface area contributed by atoms with Crippen molar-refractivity contribution in [3.8, 4) is 0 Å². The van der Waals surface area contributed by atoms with Crippen molar-refractivity contribution in [1.29, 1.82) is 0 Å². The Morgan fingerprint density at radius 1 is 1.17 bits per heavy atom. The highest BCUT2D eigenvalue weighted by molar-refractivity contribution is 7.99. The number of aryl methyl sites for hydroxylation is 1. The van der Waals surface area contributed by atoms with Crippen molar-refractivity contribution in [1.82, 2.24) is 4.98 Å². The molecule has 3 aromatic rings. The zero-order valence-corrected chi connectivity index (χ0v) is 17.3. The Hall–Kier alpha value is -2.83. The van der Waals surface area contributed by atoms with Crippen LogP contribution in [0.25, 0.3) is 0 Å². The Labute approximate surface area is 178 Å². The second-order valence-corrected chi connectivity index (χ2v) is 8.08. The van der Waals surface area contributed by atoms with E-state index in [1.54, 1.807) is 29.3 Å². The van der Waals surface area contributed by atoms with E-state index < -0.39 is 0 Å². The van der Waals surface area contributed by atoms with Gasteiger partial charge < -0.3 is 10.2 Å². The maximum absolute atomic E-state index is 13.2. The second kappa shape index (κ2) is 8.27. The summed E-state index contributed by atoms with van der Waals surface area (Å²) in [6.07, 6.45) is 1.84. The van der Waals surface area contributed by atoms with Crippen LogP contribution in [0.3, 0.4) is 0 Å². The van der Waals surface area contributed by atoms with Gasteiger partial charge in [0.15, 0.2) is 0 Å². The molecule has 2 heterocycles. The predicted molar refractivity (Wildman–Crippen MR) is 116 cm³/mol. The summed E-state index contributed by atoms with van der Waals surface area (Å²) in [7, 11) is 0. The zero-order valence-electron chi connectivity index (χ0n) is 15.7. The van der Waals surface area contributed by atoms with Crippen LogP contribution in [0.15, 0.2) is 70.7 Å². The van der Waals surface area contributed by atoms with Gasteiger partial charge in [-0.1, -0.05) is 41.6 Å². The summed E-state index contributed by atoms with van der Waals surface area (Å²) >= 11 is 7.59. The van der Waals surface area contributed by atoms with Crippen molar-refractivity contribution >= 4 is 46.6 Å². The molecule has 4 rings (SSSR count). The number of benzene rings is 2. The fourth-order valence-electron chi connectivity index (χ4n) is 3.09. The number of para-hydroxylation sites is 1. The summed E-state index contributed by atoms with van der Waals surface area (Å²) in [6.45, 7) is 2.16. The summed E-state index contributed by atoms with van der Waals surface area (Å²) < 4.78 is 0. The Morgan fingerprint density at radius 3 is 2.83 bits per heavy atom. The standard InChI is InChI=1S/C22H18ClN3O2S/c1-14-8-9-15(13-17(14)23)25-20(27)10-12-26-18-6-2-3-7-19(18)29-21-16(22(26)28)5-4-11-24-21/h2-9,11,13H,10,12H2,1H3,(H,25,27). The molecule has 0 fully saturated rings. The quantitative estimate of drug-likeness (QED) is 0.627. The van der Waals surface area contributed by atoms with Gasteiger partial charge in [-0.3, -0.25) is 9.59 Å². The maximum Gasteiger partial charge on any atom is 0.261 e. The van der Waals surface area contributed by atoms with Gasteiger partial charge in [0.1, 0.15) is 5.03 Å². The summed E-state index contributed by atoms with van der Waals surface area (Å²) in [5.41, 5.74) is 2.91. The van der Waals surface area contributed by atoms with E-state index in [0.29, 0.717) is 21.3 Å². The Bertz CT molecular complexity index is 1100. The van der Waals surface area contributed by atoms with Crippen LogP contribution in [0.4, 0.5) is 11.4 Å². The van der Waals surface area contributed by atoms with Crippen molar-refractivity contribution in [3.63, 3.8) is 0 Å². The first-order valence-corrected chi connectivity index (χ1v) is 10.3. The minimum atomic E-state index is -0.182. The summed E-state index contributed by atoms with van der Waals surface area (Å²) in [5, 5.41) is 4.11. The molecule has 7 heteroatoms. The molecule has 1 aromatic heterocycles. The van der Waals surface area contributed by atoms with Gasteiger partial charge in [-0.05, 0) is 48.9 Å². The number of amides is 2. The van der Waals surface area contributed by atoms with E-state index in [-0.39, 0.29) is 24.8 Å². The molecule has 1 aliphatic rings. The Morgan fingerprint density at radius 2 is 2.00 bits per heavy atom. The number of halogens is 1. The monoisotopic (exact) mass is 423 g/mol. The molecule has 2 aromatic carbocycles. The normalized spacial score (nSPS) is 12.8. The van der Waals surface area contributed by atoms with E-state index in [0.717, 1.165) is 16.1 Å². The number of carbonyl (C=O) groups is 2. The van der Waals surface area contributed by atoms with Crippen molar-refractivity contribution in [3.05, 3.63) is 76.9 Å². The third kappa shape index (κ3) is 4.13. The van der Waals surface area contributed by atoms with Crippen LogP contribution in [0.1, 0.15) is 22.3 Å². The lowest BCUT2D eigenvalue weighted by Crippen LogP contribution is -2.34. The number of anilines is 2. The van der Waals surface area contributed by atoms with Crippen LogP contribution < -0.4 is 10.2 Å². The number of aromatic nitrogens is 1. The van der Waals surface area contributed by atoms with Crippen LogP contribution in [-0.4, -0.2) is 23.3 Å². The molecule has 0 saturated heterocycles. The largest absolute Gasteiger partial charge is 0.326 e. The topological polar surface area (TPSA) is 62.3 Å². The first-order valence-electron chi connectivity index (χ1n) is 9.13. The van der Waals surface area contributed by atoms with Gasteiger partial charge in [-0.15, -0.1) is 0 Å². The van der Waals surface area contributed by atoms with Crippen molar-refractivity contribution in [2.45, 2.75) is 23.3 Å². The van der Waals surface area contributed by atoms with Gasteiger partial charge in [0.2, 0.25) is 5.91 Å². The fraction of sp³-hybridized carbons (Fsp3) is 0.136. The van der Waals surface area contributed by atoms with E-state index in [2.05, 4.69) is 10.3 Å². The molecule has 5 nitrogen and oxygen atoms in total. The van der Waals surface area contributed by atoms with Gasteiger partial charge in [-0.2, -0.15) is 0 Å². The minimum Gasteiger partial charge on any atom is -0.326 e. The van der Waals surface area contributed by atoms with E-state index >= 15 is 0 Å². The molecule has 1 aliphatic heterocycles. The van der Waals surface area contributed by atoms with Crippen molar-refractivity contribution < 1.29 is 9.59 Å². The number of hydrogen-bond donors (Lipinski definition) is 1. The first kappa shape index (κ1) is 19.5. The second-order valence-electron chi connectivity index (χ2n) is 6.64. The molecule has 0 bridgehead atoms. The predicted octanol–water partition coefficient (Wildman–Crippen LogP) is 5.18. The van der Waals surface area contributed by atoms with Crippen molar-refractivity contribution in [2.24, 2.45) is 0 Å². The summed E-state index contributed by atoms with van der Waals surface area (Å²) in [5.74, 6) is -0.338. The lowest BCUT2D eigenvalue weighted by atomic mass is 10.2. The molecule has 29 heavy (non-hydrogen) atoms. The molecule has 146 valence electrons. The molecule has 0 atom stereocenters. The number of carbonyl (C=O) groups excluding carboxylic acids is 2. The third-order valence-corrected chi connectivity index (χ3v) is 6.12. The molecular formula is C22H18ClN3O2S. The zero-order chi connectivity index (χ0) is 20.4. The molecule has 0 unspecified atom stereocenters. The SMILES string of the molecule is Cc1ccc(NC(=O)CCN2C(=O)c3cccnc3Sc3ccccc32)cc1Cl. The average Bonchev–Trinajstić information content (AvgIpc) is 2.83. The molecule has 0 spiro atoms. The van der Waals surface area contributed by atoms with E-state index in [4.69, 9.17) is 11.6 Å². The van der Waals surface area contributed by atoms with Crippen LogP contribution in [0.2, 0.25) is 5.02 Å². The van der Waals surface area contributed by atoms with E-state index in [9.17, 15) is 9.59 Å². The lowest BCUT2D eigenvalue weighted by Gasteiger charge is -2.22.